The Morgan fingerprint density at radius 1 is 1.11 bits per heavy atom. The standard InChI is InChI=1S/C14H18N2O2/c1-10(2)16-9-8-15-14(16)13-11(17-3)6-5-7-12(13)18-4/h5-10H,1-4H3. The topological polar surface area (TPSA) is 36.3 Å². The third-order valence-corrected chi connectivity index (χ3v) is 2.88. The van der Waals surface area contributed by atoms with Crippen molar-refractivity contribution >= 4 is 0 Å². The van der Waals surface area contributed by atoms with Crippen LogP contribution in [0.3, 0.4) is 0 Å². The third-order valence-electron chi connectivity index (χ3n) is 2.88. The van der Waals surface area contributed by atoms with Gasteiger partial charge in [0, 0.05) is 18.4 Å². The number of rotatable bonds is 4. The van der Waals surface area contributed by atoms with E-state index in [4.69, 9.17) is 9.47 Å². The number of hydrogen-bond acceptors (Lipinski definition) is 3. The van der Waals surface area contributed by atoms with Gasteiger partial charge in [-0.25, -0.2) is 4.98 Å². The van der Waals surface area contributed by atoms with Gasteiger partial charge in [0.2, 0.25) is 0 Å². The van der Waals surface area contributed by atoms with Crippen LogP contribution in [0.1, 0.15) is 19.9 Å². The second kappa shape index (κ2) is 5.12. The molecule has 0 unspecified atom stereocenters. The van der Waals surface area contributed by atoms with Crippen LogP contribution >= 0.6 is 0 Å². The number of methoxy groups -OCH3 is 2. The molecule has 96 valence electrons. The van der Waals surface area contributed by atoms with Crippen molar-refractivity contribution in [3.8, 4) is 22.9 Å². The summed E-state index contributed by atoms with van der Waals surface area (Å²) in [6, 6.07) is 6.07. The minimum absolute atomic E-state index is 0.331. The first kappa shape index (κ1) is 12.5. The average Bonchev–Trinajstić information content (AvgIpc) is 2.86. The van der Waals surface area contributed by atoms with Gasteiger partial charge in [0.15, 0.2) is 0 Å². The fraction of sp³-hybridized carbons (Fsp3) is 0.357. The van der Waals surface area contributed by atoms with E-state index in [1.165, 1.54) is 0 Å². The molecule has 0 bridgehead atoms. The molecule has 4 heteroatoms. The summed E-state index contributed by atoms with van der Waals surface area (Å²) in [6.45, 7) is 4.24. The molecule has 1 aromatic heterocycles. The van der Waals surface area contributed by atoms with Crippen LogP contribution in [0.15, 0.2) is 30.6 Å². The van der Waals surface area contributed by atoms with Gasteiger partial charge in [-0.05, 0) is 26.0 Å². The molecule has 0 aliphatic rings. The molecule has 0 amide bonds. The van der Waals surface area contributed by atoms with Gasteiger partial charge in [0.1, 0.15) is 22.9 Å². The zero-order valence-electron chi connectivity index (χ0n) is 11.2. The molecule has 0 atom stereocenters. The maximum Gasteiger partial charge on any atom is 0.147 e. The first-order valence-corrected chi connectivity index (χ1v) is 5.93. The molecule has 2 aromatic rings. The maximum atomic E-state index is 5.41. The lowest BCUT2D eigenvalue weighted by Gasteiger charge is -2.16. The van der Waals surface area contributed by atoms with Crippen LogP contribution in [0.25, 0.3) is 11.4 Å². The Bertz CT molecular complexity index is 510. The normalized spacial score (nSPS) is 10.7. The first-order valence-electron chi connectivity index (χ1n) is 5.93. The van der Waals surface area contributed by atoms with E-state index in [2.05, 4.69) is 23.4 Å². The third kappa shape index (κ3) is 2.06. The Labute approximate surface area is 107 Å². The van der Waals surface area contributed by atoms with Crippen molar-refractivity contribution in [2.24, 2.45) is 0 Å². The van der Waals surface area contributed by atoms with Crippen molar-refractivity contribution in [3.05, 3.63) is 30.6 Å². The Kier molecular flexibility index (Phi) is 3.55. The minimum atomic E-state index is 0.331. The quantitative estimate of drug-likeness (QED) is 0.831. The number of ether oxygens (including phenoxy) is 2. The summed E-state index contributed by atoms with van der Waals surface area (Å²) >= 11 is 0. The Morgan fingerprint density at radius 2 is 1.72 bits per heavy atom. The van der Waals surface area contributed by atoms with Gasteiger partial charge in [-0.15, -0.1) is 0 Å². The highest BCUT2D eigenvalue weighted by molar-refractivity contribution is 5.72. The molecular weight excluding hydrogens is 228 g/mol. The molecule has 0 saturated heterocycles. The summed E-state index contributed by atoms with van der Waals surface area (Å²) in [5.41, 5.74) is 0.890. The predicted octanol–water partition coefficient (Wildman–Crippen LogP) is 3.15. The van der Waals surface area contributed by atoms with E-state index >= 15 is 0 Å². The van der Waals surface area contributed by atoms with Gasteiger partial charge in [0.05, 0.1) is 14.2 Å². The zero-order chi connectivity index (χ0) is 13.1. The second-order valence-corrected chi connectivity index (χ2v) is 4.29. The van der Waals surface area contributed by atoms with Crippen molar-refractivity contribution in [2.75, 3.05) is 14.2 Å². The molecule has 18 heavy (non-hydrogen) atoms. The summed E-state index contributed by atoms with van der Waals surface area (Å²) in [7, 11) is 3.31. The van der Waals surface area contributed by atoms with Crippen LogP contribution in [-0.2, 0) is 0 Å². The monoisotopic (exact) mass is 246 g/mol. The second-order valence-electron chi connectivity index (χ2n) is 4.29. The zero-order valence-corrected chi connectivity index (χ0v) is 11.2. The van der Waals surface area contributed by atoms with E-state index < -0.39 is 0 Å². The van der Waals surface area contributed by atoms with Crippen molar-refractivity contribution < 1.29 is 9.47 Å². The van der Waals surface area contributed by atoms with Gasteiger partial charge in [-0.1, -0.05) is 6.07 Å². The summed E-state index contributed by atoms with van der Waals surface area (Å²) in [6.07, 6.45) is 3.76. The molecule has 0 saturated carbocycles. The SMILES string of the molecule is COc1cccc(OC)c1-c1nccn1C(C)C. The van der Waals surface area contributed by atoms with Gasteiger partial charge in [-0.2, -0.15) is 0 Å². The minimum Gasteiger partial charge on any atom is -0.496 e. The Balaban J connectivity index is 2.65. The molecule has 0 radical (unpaired) electrons. The molecule has 0 N–H and O–H groups in total. The van der Waals surface area contributed by atoms with Gasteiger partial charge < -0.3 is 14.0 Å². The molecule has 0 aliphatic carbocycles. The number of hydrogen-bond donors (Lipinski definition) is 0. The van der Waals surface area contributed by atoms with E-state index in [9.17, 15) is 0 Å². The molecule has 0 spiro atoms. The van der Waals surface area contributed by atoms with E-state index in [1.807, 2.05) is 24.4 Å². The predicted molar refractivity (Wildman–Crippen MR) is 71.2 cm³/mol. The Morgan fingerprint density at radius 3 is 2.22 bits per heavy atom. The van der Waals surface area contributed by atoms with E-state index in [-0.39, 0.29) is 0 Å². The molecule has 4 nitrogen and oxygen atoms in total. The lowest BCUT2D eigenvalue weighted by molar-refractivity contribution is 0.396. The van der Waals surface area contributed by atoms with Crippen LogP contribution in [-0.4, -0.2) is 23.8 Å². The molecule has 1 aromatic carbocycles. The van der Waals surface area contributed by atoms with Crippen LogP contribution in [0.4, 0.5) is 0 Å². The van der Waals surface area contributed by atoms with Crippen molar-refractivity contribution in [1.29, 1.82) is 0 Å². The van der Waals surface area contributed by atoms with Crippen LogP contribution in [0.2, 0.25) is 0 Å². The van der Waals surface area contributed by atoms with E-state index in [0.717, 1.165) is 22.9 Å². The Hall–Kier alpha value is -1.97. The number of aromatic nitrogens is 2. The number of imidazole rings is 1. The molecule has 0 aliphatic heterocycles. The fourth-order valence-electron chi connectivity index (χ4n) is 1.99. The summed E-state index contributed by atoms with van der Waals surface area (Å²) in [5.74, 6) is 2.39. The number of benzene rings is 1. The van der Waals surface area contributed by atoms with Crippen molar-refractivity contribution in [3.63, 3.8) is 0 Å². The van der Waals surface area contributed by atoms with Crippen LogP contribution < -0.4 is 9.47 Å². The smallest absolute Gasteiger partial charge is 0.147 e. The van der Waals surface area contributed by atoms with Gasteiger partial charge in [0.25, 0.3) is 0 Å². The van der Waals surface area contributed by atoms with Gasteiger partial charge >= 0.3 is 0 Å². The maximum absolute atomic E-state index is 5.41. The highest BCUT2D eigenvalue weighted by Crippen LogP contribution is 2.37. The van der Waals surface area contributed by atoms with E-state index in [0.29, 0.717) is 6.04 Å². The summed E-state index contributed by atoms with van der Waals surface area (Å²) in [4.78, 5) is 4.43. The summed E-state index contributed by atoms with van der Waals surface area (Å²) < 4.78 is 12.9. The molecular formula is C14H18N2O2. The van der Waals surface area contributed by atoms with Crippen LogP contribution in [0.5, 0.6) is 11.5 Å². The van der Waals surface area contributed by atoms with E-state index in [1.54, 1.807) is 20.4 Å². The first-order chi connectivity index (χ1) is 8.69. The van der Waals surface area contributed by atoms with Crippen LogP contribution in [0, 0.1) is 0 Å². The largest absolute Gasteiger partial charge is 0.496 e. The lowest BCUT2D eigenvalue weighted by Crippen LogP contribution is -2.04. The summed E-state index contributed by atoms with van der Waals surface area (Å²) in [5, 5.41) is 0. The van der Waals surface area contributed by atoms with Gasteiger partial charge in [-0.3, -0.25) is 0 Å². The highest BCUT2D eigenvalue weighted by Gasteiger charge is 2.17. The molecule has 2 rings (SSSR count). The number of nitrogens with zero attached hydrogens (tertiary/aromatic N) is 2. The molecule has 1 heterocycles. The molecule has 0 fully saturated rings. The highest BCUT2D eigenvalue weighted by atomic mass is 16.5. The lowest BCUT2D eigenvalue weighted by atomic mass is 10.1. The average molecular weight is 246 g/mol. The van der Waals surface area contributed by atoms with Crippen molar-refractivity contribution in [1.82, 2.24) is 9.55 Å². The fourth-order valence-corrected chi connectivity index (χ4v) is 1.99. The van der Waals surface area contributed by atoms with Crippen molar-refractivity contribution in [2.45, 2.75) is 19.9 Å².